The van der Waals surface area contributed by atoms with Crippen molar-refractivity contribution in [3.8, 4) is 0 Å². The third-order valence-electron chi connectivity index (χ3n) is 4.83. The zero-order valence-electron chi connectivity index (χ0n) is 13.8. The van der Waals surface area contributed by atoms with Crippen LogP contribution in [0.2, 0.25) is 0 Å². The number of carbonyl (C=O) groups excluding carboxylic acids is 2. The molecule has 3 saturated heterocycles. The van der Waals surface area contributed by atoms with Gasteiger partial charge in [0.05, 0.1) is 6.54 Å². The number of fused-ring (bicyclic) bond motifs is 4. The van der Waals surface area contributed by atoms with Crippen LogP contribution in [0.5, 0.6) is 0 Å². The molecule has 2 atom stereocenters. The van der Waals surface area contributed by atoms with E-state index in [1.165, 1.54) is 0 Å². The molecule has 2 bridgehead atoms. The Kier molecular flexibility index (Phi) is 4.61. The molecule has 0 unspecified atom stereocenters. The van der Waals surface area contributed by atoms with Crippen molar-refractivity contribution in [3.05, 3.63) is 30.1 Å². The first-order valence-electron chi connectivity index (χ1n) is 8.18. The van der Waals surface area contributed by atoms with E-state index in [-0.39, 0.29) is 17.9 Å². The predicted octanol–water partition coefficient (Wildman–Crippen LogP) is 0.706. The first-order valence-corrected chi connectivity index (χ1v) is 8.18. The lowest BCUT2D eigenvalue weighted by atomic mass is 9.94. The molecule has 6 nitrogen and oxygen atoms in total. The number of piperidine rings is 1. The first-order chi connectivity index (χ1) is 11.0. The number of hydrogen-bond donors (Lipinski definition) is 0. The number of rotatable bonds is 3. The summed E-state index contributed by atoms with van der Waals surface area (Å²) in [7, 11) is 3.57. The van der Waals surface area contributed by atoms with Crippen LogP contribution in [-0.4, -0.2) is 77.8 Å². The van der Waals surface area contributed by atoms with Crippen LogP contribution in [0.15, 0.2) is 24.5 Å². The van der Waals surface area contributed by atoms with Gasteiger partial charge in [-0.05, 0) is 30.9 Å². The highest BCUT2D eigenvalue weighted by Gasteiger charge is 2.37. The number of pyridine rings is 1. The lowest BCUT2D eigenvalue weighted by Crippen LogP contribution is -2.47. The van der Waals surface area contributed by atoms with Gasteiger partial charge in [0.15, 0.2) is 0 Å². The summed E-state index contributed by atoms with van der Waals surface area (Å²) in [6, 6.07) is 3.74. The monoisotopic (exact) mass is 316 g/mol. The maximum absolute atomic E-state index is 12.8. The number of nitrogens with zero attached hydrogens (tertiary/aromatic N) is 4. The van der Waals surface area contributed by atoms with Gasteiger partial charge in [-0.1, -0.05) is 0 Å². The van der Waals surface area contributed by atoms with Crippen LogP contribution in [0.3, 0.4) is 0 Å². The fourth-order valence-electron chi connectivity index (χ4n) is 3.55. The Bertz CT molecular complexity index is 575. The number of likely N-dealkylation sites (N-methyl/N-ethyl adjacent to an activating group) is 1. The Hall–Kier alpha value is -1.95. The van der Waals surface area contributed by atoms with Gasteiger partial charge in [0, 0.05) is 57.7 Å². The van der Waals surface area contributed by atoms with Crippen LogP contribution < -0.4 is 0 Å². The van der Waals surface area contributed by atoms with Crippen molar-refractivity contribution in [3.63, 3.8) is 0 Å². The third-order valence-corrected chi connectivity index (χ3v) is 4.83. The van der Waals surface area contributed by atoms with Crippen LogP contribution in [0, 0.1) is 5.92 Å². The van der Waals surface area contributed by atoms with Crippen molar-refractivity contribution in [2.24, 2.45) is 5.92 Å². The zero-order valence-corrected chi connectivity index (χ0v) is 13.8. The van der Waals surface area contributed by atoms with E-state index in [0.29, 0.717) is 18.0 Å². The Morgan fingerprint density at radius 3 is 2.61 bits per heavy atom. The minimum atomic E-state index is 0.0860. The fourth-order valence-corrected chi connectivity index (χ4v) is 3.55. The molecule has 2 amide bonds. The second kappa shape index (κ2) is 6.66. The zero-order chi connectivity index (χ0) is 16.4. The maximum atomic E-state index is 12.8. The molecule has 3 fully saturated rings. The van der Waals surface area contributed by atoms with Crippen LogP contribution in [-0.2, 0) is 4.79 Å². The normalized spacial score (nSPS) is 24.3. The highest BCUT2D eigenvalue weighted by molar-refractivity contribution is 5.94. The van der Waals surface area contributed by atoms with E-state index in [1.54, 1.807) is 43.5 Å². The molecular formula is C17H24N4O2. The lowest BCUT2D eigenvalue weighted by Gasteiger charge is -2.36. The first kappa shape index (κ1) is 15.9. The lowest BCUT2D eigenvalue weighted by molar-refractivity contribution is -0.129. The molecule has 6 heteroatoms. The molecule has 0 aromatic carbocycles. The second-order valence-corrected chi connectivity index (χ2v) is 6.77. The Labute approximate surface area is 137 Å². The van der Waals surface area contributed by atoms with Crippen molar-refractivity contribution in [2.45, 2.75) is 18.9 Å². The summed E-state index contributed by atoms with van der Waals surface area (Å²) in [4.78, 5) is 34.6. The summed E-state index contributed by atoms with van der Waals surface area (Å²) >= 11 is 0. The van der Waals surface area contributed by atoms with Crippen molar-refractivity contribution < 1.29 is 9.59 Å². The largest absolute Gasteiger partial charge is 0.348 e. The van der Waals surface area contributed by atoms with E-state index < -0.39 is 0 Å². The van der Waals surface area contributed by atoms with Gasteiger partial charge in [0.25, 0.3) is 5.91 Å². The van der Waals surface area contributed by atoms with Gasteiger partial charge < -0.3 is 9.80 Å². The Morgan fingerprint density at radius 1 is 1.17 bits per heavy atom. The van der Waals surface area contributed by atoms with Gasteiger partial charge in [-0.15, -0.1) is 0 Å². The average molecular weight is 316 g/mol. The molecule has 1 aromatic heterocycles. The van der Waals surface area contributed by atoms with Gasteiger partial charge in [-0.3, -0.25) is 19.5 Å². The summed E-state index contributed by atoms with van der Waals surface area (Å²) in [6.07, 6.45) is 5.47. The van der Waals surface area contributed by atoms with E-state index in [2.05, 4.69) is 9.88 Å². The molecule has 23 heavy (non-hydrogen) atoms. The van der Waals surface area contributed by atoms with Gasteiger partial charge in [-0.25, -0.2) is 0 Å². The number of aromatic nitrogens is 1. The summed E-state index contributed by atoms with van der Waals surface area (Å²) in [5.74, 6) is 0.663. The minimum absolute atomic E-state index is 0.0860. The van der Waals surface area contributed by atoms with Crippen LogP contribution >= 0.6 is 0 Å². The Balaban J connectivity index is 1.72. The van der Waals surface area contributed by atoms with E-state index in [0.717, 1.165) is 32.5 Å². The van der Waals surface area contributed by atoms with Crippen molar-refractivity contribution in [2.75, 3.05) is 40.3 Å². The molecule has 1 aromatic rings. The van der Waals surface area contributed by atoms with E-state index in [1.807, 2.05) is 4.90 Å². The highest BCUT2D eigenvalue weighted by atomic mass is 16.2. The molecule has 0 spiro atoms. The molecule has 4 rings (SSSR count). The maximum Gasteiger partial charge on any atom is 0.254 e. The summed E-state index contributed by atoms with van der Waals surface area (Å²) in [6.45, 7) is 2.92. The molecule has 124 valence electrons. The van der Waals surface area contributed by atoms with E-state index in [9.17, 15) is 9.59 Å². The topological polar surface area (TPSA) is 56.8 Å². The van der Waals surface area contributed by atoms with Gasteiger partial charge >= 0.3 is 0 Å². The van der Waals surface area contributed by atoms with Gasteiger partial charge in [0.1, 0.15) is 0 Å². The molecule has 0 N–H and O–H groups in total. The number of hydrogen-bond acceptors (Lipinski definition) is 4. The average Bonchev–Trinajstić information content (AvgIpc) is 2.85. The smallest absolute Gasteiger partial charge is 0.254 e. The highest BCUT2D eigenvalue weighted by Crippen LogP contribution is 2.29. The summed E-state index contributed by atoms with van der Waals surface area (Å²) in [5, 5.41) is 0. The molecule has 3 aliphatic rings. The van der Waals surface area contributed by atoms with E-state index in [4.69, 9.17) is 0 Å². The summed E-state index contributed by atoms with van der Waals surface area (Å²) in [5.41, 5.74) is 0.698. The minimum Gasteiger partial charge on any atom is -0.348 e. The molecule has 4 heterocycles. The molecule has 0 aliphatic carbocycles. The van der Waals surface area contributed by atoms with Gasteiger partial charge in [0.2, 0.25) is 5.91 Å². The summed E-state index contributed by atoms with van der Waals surface area (Å²) < 4.78 is 0. The van der Waals surface area contributed by atoms with Gasteiger partial charge in [-0.2, -0.15) is 0 Å². The van der Waals surface area contributed by atoms with Crippen molar-refractivity contribution in [1.29, 1.82) is 0 Å². The predicted molar refractivity (Wildman–Crippen MR) is 86.9 cm³/mol. The second-order valence-electron chi connectivity index (χ2n) is 6.77. The standard InChI is InChI=1S/C17H24N4O2/c1-19(2)16(22)12-20-9-13-3-4-15(11-20)21(10-13)17(23)14-5-7-18-8-6-14/h5-8,13,15H,3-4,9-12H2,1-2H3/t13-,15+/m1/s1. The quantitative estimate of drug-likeness (QED) is 0.824. The van der Waals surface area contributed by atoms with Crippen LogP contribution in [0.25, 0.3) is 0 Å². The third kappa shape index (κ3) is 3.52. The Morgan fingerprint density at radius 2 is 1.91 bits per heavy atom. The molecular weight excluding hydrogens is 292 g/mol. The van der Waals surface area contributed by atoms with Crippen LogP contribution in [0.1, 0.15) is 23.2 Å². The molecule has 0 radical (unpaired) electrons. The molecule has 0 saturated carbocycles. The fraction of sp³-hybridized carbons (Fsp3) is 0.588. The number of amides is 2. The van der Waals surface area contributed by atoms with Crippen LogP contribution in [0.4, 0.5) is 0 Å². The number of carbonyl (C=O) groups is 2. The van der Waals surface area contributed by atoms with Crippen molar-refractivity contribution >= 4 is 11.8 Å². The SMILES string of the molecule is CN(C)C(=O)CN1C[C@H]2CC[C@@H](C1)N(C(=O)c1ccncc1)C2. The molecule has 3 aliphatic heterocycles. The van der Waals surface area contributed by atoms with E-state index >= 15 is 0 Å². The van der Waals surface area contributed by atoms with Crippen molar-refractivity contribution in [1.82, 2.24) is 19.7 Å².